The molecule has 3 aromatic rings. The van der Waals surface area contributed by atoms with Crippen molar-refractivity contribution in [3.63, 3.8) is 0 Å². The number of nitrogens with zero attached hydrogens (tertiary/aromatic N) is 1. The number of amides is 1. The number of carbonyl (C=O) groups excluding carboxylic acids is 1. The molecule has 0 aliphatic carbocycles. The van der Waals surface area contributed by atoms with E-state index < -0.39 is 9.84 Å². The highest BCUT2D eigenvalue weighted by molar-refractivity contribution is 7.91. The zero-order valence-corrected chi connectivity index (χ0v) is 15.7. The zero-order valence-electron chi connectivity index (χ0n) is 13.3. The highest BCUT2D eigenvalue weighted by Gasteiger charge is 2.17. The number of fused-ring (bicyclic) bond motifs is 1. The van der Waals surface area contributed by atoms with Crippen LogP contribution < -0.4 is 5.32 Å². The van der Waals surface area contributed by atoms with E-state index in [0.29, 0.717) is 10.2 Å². The van der Waals surface area contributed by atoms with Crippen LogP contribution in [0, 0.1) is 6.92 Å². The monoisotopic (exact) mass is 394 g/mol. The number of hydrogen-bond donors (Lipinski definition) is 1. The van der Waals surface area contributed by atoms with Crippen LogP contribution >= 0.6 is 22.9 Å². The molecule has 0 aliphatic rings. The summed E-state index contributed by atoms with van der Waals surface area (Å²) in [6.45, 7) is 1.88. The fourth-order valence-electron chi connectivity index (χ4n) is 2.22. The Morgan fingerprint density at radius 3 is 2.64 bits per heavy atom. The van der Waals surface area contributed by atoms with Crippen molar-refractivity contribution in [1.29, 1.82) is 0 Å². The van der Waals surface area contributed by atoms with Crippen molar-refractivity contribution in [3.8, 4) is 0 Å². The predicted octanol–water partition coefficient (Wildman–Crippen LogP) is 4.06. The molecule has 0 saturated carbocycles. The third-order valence-electron chi connectivity index (χ3n) is 3.57. The van der Waals surface area contributed by atoms with E-state index in [0.717, 1.165) is 15.8 Å². The highest BCUT2D eigenvalue weighted by Crippen LogP contribution is 2.28. The molecule has 0 atom stereocenters. The van der Waals surface area contributed by atoms with E-state index in [-0.39, 0.29) is 23.0 Å². The van der Waals surface area contributed by atoms with Gasteiger partial charge in [0, 0.05) is 11.4 Å². The number of sulfone groups is 1. The molecule has 25 heavy (non-hydrogen) atoms. The van der Waals surface area contributed by atoms with E-state index in [1.54, 1.807) is 42.5 Å². The van der Waals surface area contributed by atoms with E-state index in [4.69, 9.17) is 11.6 Å². The number of aromatic nitrogens is 1. The van der Waals surface area contributed by atoms with Gasteiger partial charge in [-0.3, -0.25) is 4.79 Å². The molecule has 1 amide bonds. The summed E-state index contributed by atoms with van der Waals surface area (Å²) in [5, 5.41) is 3.67. The molecule has 0 aliphatic heterocycles. The maximum atomic E-state index is 12.3. The molecule has 8 heteroatoms. The molecule has 5 nitrogen and oxygen atoms in total. The van der Waals surface area contributed by atoms with Gasteiger partial charge in [0.25, 0.3) is 0 Å². The third kappa shape index (κ3) is 4.36. The maximum absolute atomic E-state index is 12.3. The quantitative estimate of drug-likeness (QED) is 0.707. The van der Waals surface area contributed by atoms with Crippen LogP contribution in [0.15, 0.2) is 47.4 Å². The summed E-state index contributed by atoms with van der Waals surface area (Å²) >= 11 is 7.22. The first-order chi connectivity index (χ1) is 11.8. The van der Waals surface area contributed by atoms with Gasteiger partial charge < -0.3 is 5.32 Å². The van der Waals surface area contributed by atoms with Crippen LogP contribution in [-0.4, -0.2) is 25.1 Å². The maximum Gasteiger partial charge on any atom is 0.227 e. The van der Waals surface area contributed by atoms with Gasteiger partial charge in [-0.1, -0.05) is 40.6 Å². The average molecular weight is 395 g/mol. The molecule has 0 saturated heterocycles. The highest BCUT2D eigenvalue weighted by atomic mass is 35.5. The summed E-state index contributed by atoms with van der Waals surface area (Å²) in [6.07, 6.45) is -0.132. The Labute approximate surface area is 154 Å². The van der Waals surface area contributed by atoms with Gasteiger partial charge >= 0.3 is 0 Å². The minimum atomic E-state index is -3.49. The molecule has 1 N–H and O–H groups in total. The Hall–Kier alpha value is -1.96. The molecule has 0 spiro atoms. The van der Waals surface area contributed by atoms with Crippen LogP contribution in [0.4, 0.5) is 5.13 Å². The van der Waals surface area contributed by atoms with Crippen molar-refractivity contribution >= 4 is 54.0 Å². The first-order valence-corrected chi connectivity index (χ1v) is 10.3. The SMILES string of the molecule is Cc1ccc(S(=O)(=O)CCC(=O)Nc2nc3ccc(Cl)cc3s2)cc1. The van der Waals surface area contributed by atoms with Gasteiger partial charge in [-0.2, -0.15) is 0 Å². The van der Waals surface area contributed by atoms with E-state index >= 15 is 0 Å². The van der Waals surface area contributed by atoms with E-state index in [2.05, 4.69) is 10.3 Å². The zero-order chi connectivity index (χ0) is 18.0. The van der Waals surface area contributed by atoms with Gasteiger partial charge in [-0.15, -0.1) is 0 Å². The number of halogens is 1. The third-order valence-corrected chi connectivity index (χ3v) is 6.48. The number of thiazole rings is 1. The van der Waals surface area contributed by atoms with Gasteiger partial charge in [-0.05, 0) is 37.3 Å². The molecule has 2 aromatic carbocycles. The van der Waals surface area contributed by atoms with E-state index in [1.165, 1.54) is 11.3 Å². The molecule has 0 radical (unpaired) electrons. The lowest BCUT2D eigenvalue weighted by molar-refractivity contribution is -0.115. The number of carbonyl (C=O) groups is 1. The lowest BCUT2D eigenvalue weighted by Crippen LogP contribution is -2.17. The molecule has 1 heterocycles. The molecule has 0 bridgehead atoms. The number of nitrogens with one attached hydrogen (secondary N) is 1. The summed E-state index contributed by atoms with van der Waals surface area (Å²) in [4.78, 5) is 16.6. The molecular weight excluding hydrogens is 380 g/mol. The lowest BCUT2D eigenvalue weighted by atomic mass is 10.2. The Morgan fingerprint density at radius 2 is 1.92 bits per heavy atom. The second-order valence-electron chi connectivity index (χ2n) is 5.56. The van der Waals surface area contributed by atoms with Crippen molar-refractivity contribution in [2.24, 2.45) is 0 Å². The Balaban J connectivity index is 1.64. The van der Waals surface area contributed by atoms with Crippen molar-refractivity contribution in [2.45, 2.75) is 18.2 Å². The lowest BCUT2D eigenvalue weighted by Gasteiger charge is -2.05. The van der Waals surface area contributed by atoms with Gasteiger partial charge in [-0.25, -0.2) is 13.4 Å². The second kappa shape index (κ2) is 7.11. The predicted molar refractivity (Wildman–Crippen MR) is 101 cm³/mol. The van der Waals surface area contributed by atoms with Crippen LogP contribution in [0.5, 0.6) is 0 Å². The Kier molecular flexibility index (Phi) is 5.08. The summed E-state index contributed by atoms with van der Waals surface area (Å²) in [5.41, 5.74) is 1.71. The number of hydrogen-bond acceptors (Lipinski definition) is 5. The van der Waals surface area contributed by atoms with Crippen molar-refractivity contribution in [2.75, 3.05) is 11.1 Å². The largest absolute Gasteiger partial charge is 0.302 e. The van der Waals surface area contributed by atoms with Crippen molar-refractivity contribution < 1.29 is 13.2 Å². The van der Waals surface area contributed by atoms with Crippen LogP contribution in [0.1, 0.15) is 12.0 Å². The normalized spacial score (nSPS) is 11.6. The number of rotatable bonds is 5. The fraction of sp³-hybridized carbons (Fsp3) is 0.176. The van der Waals surface area contributed by atoms with E-state index in [9.17, 15) is 13.2 Å². The number of benzene rings is 2. The summed E-state index contributed by atoms with van der Waals surface area (Å²) in [5.74, 6) is -0.639. The van der Waals surface area contributed by atoms with E-state index in [1.807, 2.05) is 6.92 Å². The standard InChI is InChI=1S/C17H15ClN2O3S2/c1-11-2-5-13(6-3-11)25(22,23)9-8-16(21)20-17-19-14-7-4-12(18)10-15(14)24-17/h2-7,10H,8-9H2,1H3,(H,19,20,21). The fourth-order valence-corrected chi connectivity index (χ4v) is 4.62. The first-order valence-electron chi connectivity index (χ1n) is 7.49. The van der Waals surface area contributed by atoms with Gasteiger partial charge in [0.15, 0.2) is 15.0 Å². The summed E-state index contributed by atoms with van der Waals surface area (Å²) < 4.78 is 25.4. The topological polar surface area (TPSA) is 76.1 Å². The smallest absolute Gasteiger partial charge is 0.227 e. The van der Waals surface area contributed by atoms with Crippen LogP contribution in [0.25, 0.3) is 10.2 Å². The van der Waals surface area contributed by atoms with Gasteiger partial charge in [0.05, 0.1) is 20.9 Å². The molecular formula is C17H15ClN2O3S2. The van der Waals surface area contributed by atoms with Gasteiger partial charge in [0.2, 0.25) is 5.91 Å². The van der Waals surface area contributed by atoms with Crippen molar-refractivity contribution in [3.05, 3.63) is 53.1 Å². The molecule has 3 rings (SSSR count). The minimum absolute atomic E-state index is 0.132. The second-order valence-corrected chi connectivity index (χ2v) is 9.14. The Morgan fingerprint density at radius 1 is 1.20 bits per heavy atom. The summed E-state index contributed by atoms with van der Waals surface area (Å²) in [7, 11) is -3.49. The Bertz CT molecular complexity index is 1030. The molecule has 0 fully saturated rings. The van der Waals surface area contributed by atoms with Crippen molar-refractivity contribution in [1.82, 2.24) is 4.98 Å². The van der Waals surface area contributed by atoms with Gasteiger partial charge in [0.1, 0.15) is 0 Å². The molecule has 1 aromatic heterocycles. The number of aryl methyl sites for hydroxylation is 1. The van der Waals surface area contributed by atoms with Crippen LogP contribution in [-0.2, 0) is 14.6 Å². The number of anilines is 1. The minimum Gasteiger partial charge on any atom is -0.302 e. The molecule has 130 valence electrons. The van der Waals surface area contributed by atoms with Crippen LogP contribution in [0.3, 0.4) is 0 Å². The average Bonchev–Trinajstić information content (AvgIpc) is 2.94. The summed E-state index contributed by atoms with van der Waals surface area (Å²) in [6, 6.07) is 11.8. The first kappa shape index (κ1) is 17.8. The van der Waals surface area contributed by atoms with Crippen LogP contribution in [0.2, 0.25) is 5.02 Å². The molecule has 0 unspecified atom stereocenters.